The predicted octanol–water partition coefficient (Wildman–Crippen LogP) is 1.21. The first-order valence-corrected chi connectivity index (χ1v) is 3.58. The minimum Gasteiger partial charge on any atom is -0.302 e. The van der Waals surface area contributed by atoms with Crippen LogP contribution in [0.4, 0.5) is 4.39 Å². The summed E-state index contributed by atoms with van der Waals surface area (Å²) in [5, 5.41) is 1.61. The van der Waals surface area contributed by atoms with E-state index in [0.717, 1.165) is 5.56 Å². The number of rotatable bonds is 3. The lowest BCUT2D eigenvalue weighted by Crippen LogP contribution is -2.15. The van der Waals surface area contributed by atoms with Crippen molar-refractivity contribution in [2.24, 2.45) is 0 Å². The van der Waals surface area contributed by atoms with Crippen molar-refractivity contribution in [1.29, 1.82) is 0 Å². The highest BCUT2D eigenvalue weighted by Crippen LogP contribution is 2.03. The zero-order valence-electron chi connectivity index (χ0n) is 7.12. The van der Waals surface area contributed by atoms with Crippen LogP contribution in [-0.2, 0) is 11.4 Å². The molecule has 66 valence electrons. The van der Waals surface area contributed by atoms with Gasteiger partial charge in [-0.3, -0.25) is 0 Å². The van der Waals surface area contributed by atoms with E-state index in [0.29, 0.717) is 6.54 Å². The summed E-state index contributed by atoms with van der Waals surface area (Å²) in [6.07, 6.45) is 1.44. The van der Waals surface area contributed by atoms with Crippen molar-refractivity contribution >= 4 is 0 Å². The van der Waals surface area contributed by atoms with Crippen LogP contribution in [0.3, 0.4) is 0 Å². The van der Waals surface area contributed by atoms with Gasteiger partial charge >= 0.3 is 0 Å². The van der Waals surface area contributed by atoms with E-state index in [4.69, 9.17) is 4.84 Å². The van der Waals surface area contributed by atoms with E-state index in [1.165, 1.54) is 12.3 Å². The summed E-state index contributed by atoms with van der Waals surface area (Å²) >= 11 is 0. The Labute approximate surface area is 70.7 Å². The minimum absolute atomic E-state index is 0.461. The van der Waals surface area contributed by atoms with Gasteiger partial charge in [-0.05, 0) is 17.7 Å². The summed E-state index contributed by atoms with van der Waals surface area (Å²) in [5.41, 5.74) is 0.840. The van der Waals surface area contributed by atoms with Crippen LogP contribution >= 0.6 is 0 Å². The Bertz CT molecular complexity index is 255. The molecule has 0 radical (unpaired) electrons. The van der Waals surface area contributed by atoms with Crippen LogP contribution in [0.15, 0.2) is 18.3 Å². The molecule has 3 nitrogen and oxygen atoms in total. The Balaban J connectivity index is 2.63. The van der Waals surface area contributed by atoms with Crippen LogP contribution in [0.2, 0.25) is 0 Å². The van der Waals surface area contributed by atoms with Crippen LogP contribution in [0.25, 0.3) is 0 Å². The van der Waals surface area contributed by atoms with Gasteiger partial charge in [-0.2, -0.15) is 9.45 Å². The quantitative estimate of drug-likeness (QED) is 0.503. The number of halogens is 1. The van der Waals surface area contributed by atoms with E-state index < -0.39 is 5.95 Å². The van der Waals surface area contributed by atoms with Crippen molar-refractivity contribution in [3.05, 3.63) is 29.8 Å². The molecule has 1 aromatic heterocycles. The fourth-order valence-electron chi connectivity index (χ4n) is 0.863. The molecule has 0 saturated heterocycles. The Morgan fingerprint density at radius 2 is 2.42 bits per heavy atom. The lowest BCUT2D eigenvalue weighted by molar-refractivity contribution is -0.116. The maximum atomic E-state index is 12.6. The summed E-state index contributed by atoms with van der Waals surface area (Å²) in [4.78, 5) is 8.33. The van der Waals surface area contributed by atoms with Gasteiger partial charge in [0.15, 0.2) is 0 Å². The topological polar surface area (TPSA) is 25.4 Å². The van der Waals surface area contributed by atoms with Gasteiger partial charge < -0.3 is 4.84 Å². The highest BCUT2D eigenvalue weighted by molar-refractivity contribution is 5.09. The van der Waals surface area contributed by atoms with Gasteiger partial charge in [0.2, 0.25) is 5.95 Å². The smallest absolute Gasteiger partial charge is 0.213 e. The molecule has 1 aromatic rings. The highest BCUT2D eigenvalue weighted by Gasteiger charge is 1.99. The van der Waals surface area contributed by atoms with Crippen molar-refractivity contribution in [3.8, 4) is 0 Å². The zero-order chi connectivity index (χ0) is 8.97. The van der Waals surface area contributed by atoms with E-state index in [2.05, 4.69) is 4.98 Å². The molecule has 0 spiro atoms. The monoisotopic (exact) mass is 170 g/mol. The molecular weight excluding hydrogens is 159 g/mol. The molecule has 0 bridgehead atoms. The second-order valence-electron chi connectivity index (χ2n) is 2.46. The third-order valence-corrected chi connectivity index (χ3v) is 1.51. The molecule has 0 aromatic carbocycles. The molecule has 0 aliphatic rings. The molecule has 0 amide bonds. The molecule has 0 aliphatic carbocycles. The lowest BCUT2D eigenvalue weighted by atomic mass is 10.3. The first-order valence-electron chi connectivity index (χ1n) is 3.58. The largest absolute Gasteiger partial charge is 0.302 e. The van der Waals surface area contributed by atoms with Crippen LogP contribution in [0, 0.1) is 5.95 Å². The third-order valence-electron chi connectivity index (χ3n) is 1.51. The van der Waals surface area contributed by atoms with Crippen LogP contribution in [-0.4, -0.2) is 24.2 Å². The standard InChI is InChI=1S/C8H11FN2O/c1-11(12-2)6-7-3-4-10-8(9)5-7/h3-5H,6H2,1-2H3. The first kappa shape index (κ1) is 9.09. The summed E-state index contributed by atoms with van der Waals surface area (Å²) in [6, 6.07) is 3.13. The van der Waals surface area contributed by atoms with Crippen molar-refractivity contribution in [3.63, 3.8) is 0 Å². The van der Waals surface area contributed by atoms with Gasteiger partial charge in [0.05, 0.1) is 7.11 Å². The van der Waals surface area contributed by atoms with Crippen molar-refractivity contribution < 1.29 is 9.23 Å². The van der Waals surface area contributed by atoms with E-state index in [-0.39, 0.29) is 0 Å². The van der Waals surface area contributed by atoms with Crippen LogP contribution in [0.5, 0.6) is 0 Å². The Hall–Kier alpha value is -1.00. The summed E-state index contributed by atoms with van der Waals surface area (Å²) in [7, 11) is 3.34. The SMILES string of the molecule is CON(C)Cc1ccnc(F)c1. The zero-order valence-corrected chi connectivity index (χ0v) is 7.12. The molecule has 1 rings (SSSR count). The molecule has 0 unspecified atom stereocenters. The number of hydrogen-bond donors (Lipinski definition) is 0. The molecule has 0 fully saturated rings. The fourth-order valence-corrected chi connectivity index (χ4v) is 0.863. The van der Waals surface area contributed by atoms with Gasteiger partial charge in [0, 0.05) is 19.8 Å². The average molecular weight is 170 g/mol. The summed E-state index contributed by atoms with van der Waals surface area (Å²) in [6.45, 7) is 0.552. The Morgan fingerprint density at radius 3 is 3.00 bits per heavy atom. The fraction of sp³-hybridized carbons (Fsp3) is 0.375. The maximum absolute atomic E-state index is 12.6. The van der Waals surface area contributed by atoms with Gasteiger partial charge in [-0.15, -0.1) is 0 Å². The van der Waals surface area contributed by atoms with E-state index in [1.807, 2.05) is 0 Å². The lowest BCUT2D eigenvalue weighted by Gasteiger charge is -2.12. The summed E-state index contributed by atoms with van der Waals surface area (Å²) in [5.74, 6) is -0.461. The van der Waals surface area contributed by atoms with Gasteiger partial charge in [-0.25, -0.2) is 4.98 Å². The molecule has 0 aliphatic heterocycles. The number of hydroxylamine groups is 2. The highest BCUT2D eigenvalue weighted by atomic mass is 19.1. The van der Waals surface area contributed by atoms with E-state index in [9.17, 15) is 4.39 Å². The second-order valence-corrected chi connectivity index (χ2v) is 2.46. The predicted molar refractivity (Wildman–Crippen MR) is 42.7 cm³/mol. The normalized spacial score (nSPS) is 10.7. The van der Waals surface area contributed by atoms with Crippen molar-refractivity contribution in [2.75, 3.05) is 14.2 Å². The van der Waals surface area contributed by atoms with Gasteiger partial charge in [0.1, 0.15) is 0 Å². The molecule has 4 heteroatoms. The molecule has 0 atom stereocenters. The van der Waals surface area contributed by atoms with Crippen molar-refractivity contribution in [1.82, 2.24) is 10.0 Å². The number of hydrogen-bond acceptors (Lipinski definition) is 3. The Morgan fingerprint density at radius 1 is 1.67 bits per heavy atom. The second kappa shape index (κ2) is 4.13. The minimum atomic E-state index is -0.461. The molecular formula is C8H11FN2O. The summed E-state index contributed by atoms with van der Waals surface area (Å²) < 4.78 is 12.6. The average Bonchev–Trinajstić information content (AvgIpc) is 2.04. The number of nitrogens with zero attached hydrogens (tertiary/aromatic N) is 2. The van der Waals surface area contributed by atoms with E-state index >= 15 is 0 Å². The molecule has 0 saturated carbocycles. The Kier molecular flexibility index (Phi) is 3.13. The third kappa shape index (κ3) is 2.56. The van der Waals surface area contributed by atoms with Crippen molar-refractivity contribution in [2.45, 2.75) is 6.54 Å². The molecule has 0 N–H and O–H groups in total. The number of pyridine rings is 1. The molecule has 1 heterocycles. The maximum Gasteiger partial charge on any atom is 0.213 e. The van der Waals surface area contributed by atoms with Crippen LogP contribution < -0.4 is 0 Å². The number of aromatic nitrogens is 1. The molecule has 12 heavy (non-hydrogen) atoms. The van der Waals surface area contributed by atoms with Gasteiger partial charge in [0.25, 0.3) is 0 Å². The first-order chi connectivity index (χ1) is 5.72. The van der Waals surface area contributed by atoms with Gasteiger partial charge in [-0.1, -0.05) is 0 Å². The van der Waals surface area contributed by atoms with E-state index in [1.54, 1.807) is 25.3 Å². The van der Waals surface area contributed by atoms with Crippen LogP contribution in [0.1, 0.15) is 5.56 Å².